The molecule has 0 aromatic rings. The predicted octanol–water partition coefficient (Wildman–Crippen LogP) is 1.21. The third-order valence-electron chi connectivity index (χ3n) is 3.18. The van der Waals surface area contributed by atoms with Gasteiger partial charge in [-0.25, -0.2) is 10.7 Å². The number of piperidine rings is 1. The zero-order valence-corrected chi connectivity index (χ0v) is 12.5. The summed E-state index contributed by atoms with van der Waals surface area (Å²) in [4.78, 5) is 20.6. The van der Waals surface area contributed by atoms with Crippen LogP contribution in [0, 0.1) is 0 Å². The van der Waals surface area contributed by atoms with Crippen molar-refractivity contribution in [2.75, 3.05) is 33.2 Å². The SMILES string of the molecule is CN(CCN1CCC(ON)CC1)C(=O)OC(C)(C)C. The zero-order chi connectivity index (χ0) is 14.5. The summed E-state index contributed by atoms with van der Waals surface area (Å²) in [6.07, 6.45) is 1.81. The van der Waals surface area contributed by atoms with E-state index in [2.05, 4.69) is 4.90 Å². The van der Waals surface area contributed by atoms with Crippen molar-refractivity contribution in [1.29, 1.82) is 0 Å². The van der Waals surface area contributed by atoms with E-state index in [-0.39, 0.29) is 12.2 Å². The van der Waals surface area contributed by atoms with Crippen LogP contribution in [0.1, 0.15) is 33.6 Å². The van der Waals surface area contributed by atoms with Gasteiger partial charge in [0.25, 0.3) is 0 Å². The number of ether oxygens (including phenoxy) is 1. The molecule has 0 bridgehead atoms. The molecule has 6 nitrogen and oxygen atoms in total. The molecule has 2 N–H and O–H groups in total. The van der Waals surface area contributed by atoms with Crippen molar-refractivity contribution >= 4 is 6.09 Å². The summed E-state index contributed by atoms with van der Waals surface area (Å²) in [6.45, 7) is 9.06. The highest BCUT2D eigenvalue weighted by Crippen LogP contribution is 2.12. The summed E-state index contributed by atoms with van der Waals surface area (Å²) in [7, 11) is 1.77. The van der Waals surface area contributed by atoms with Crippen molar-refractivity contribution in [3.05, 3.63) is 0 Å². The molecule has 19 heavy (non-hydrogen) atoms. The summed E-state index contributed by atoms with van der Waals surface area (Å²) in [5, 5.41) is 0. The van der Waals surface area contributed by atoms with Gasteiger partial charge in [0.1, 0.15) is 5.60 Å². The van der Waals surface area contributed by atoms with Crippen molar-refractivity contribution in [3.63, 3.8) is 0 Å². The average Bonchev–Trinajstić information content (AvgIpc) is 2.34. The van der Waals surface area contributed by atoms with E-state index in [0.29, 0.717) is 6.54 Å². The largest absolute Gasteiger partial charge is 0.444 e. The van der Waals surface area contributed by atoms with Crippen LogP contribution < -0.4 is 5.90 Å². The molecule has 6 heteroatoms. The van der Waals surface area contributed by atoms with E-state index in [1.54, 1.807) is 11.9 Å². The Morgan fingerprint density at radius 2 is 1.95 bits per heavy atom. The topological polar surface area (TPSA) is 68.0 Å². The first-order valence-electron chi connectivity index (χ1n) is 6.84. The molecule has 0 aromatic carbocycles. The number of carbonyl (C=O) groups excluding carboxylic acids is 1. The molecule has 0 aliphatic carbocycles. The normalized spacial score (nSPS) is 18.4. The van der Waals surface area contributed by atoms with Crippen molar-refractivity contribution < 1.29 is 14.4 Å². The van der Waals surface area contributed by atoms with Gasteiger partial charge < -0.3 is 19.4 Å². The fraction of sp³-hybridized carbons (Fsp3) is 0.923. The molecule has 0 unspecified atom stereocenters. The predicted molar refractivity (Wildman–Crippen MR) is 73.6 cm³/mol. The zero-order valence-electron chi connectivity index (χ0n) is 12.5. The number of likely N-dealkylation sites (N-methyl/N-ethyl adjacent to an activating group) is 1. The van der Waals surface area contributed by atoms with Gasteiger partial charge in [0.05, 0.1) is 6.10 Å². The van der Waals surface area contributed by atoms with Gasteiger partial charge in [0.15, 0.2) is 0 Å². The highest BCUT2D eigenvalue weighted by Gasteiger charge is 2.22. The molecular weight excluding hydrogens is 246 g/mol. The highest BCUT2D eigenvalue weighted by molar-refractivity contribution is 5.67. The van der Waals surface area contributed by atoms with Gasteiger partial charge in [0, 0.05) is 33.2 Å². The Morgan fingerprint density at radius 1 is 1.37 bits per heavy atom. The van der Waals surface area contributed by atoms with Gasteiger partial charge in [-0.3, -0.25) is 0 Å². The average molecular weight is 273 g/mol. The molecule has 0 atom stereocenters. The number of hydrogen-bond donors (Lipinski definition) is 1. The van der Waals surface area contributed by atoms with Crippen LogP contribution in [-0.4, -0.2) is 60.8 Å². The van der Waals surface area contributed by atoms with E-state index < -0.39 is 5.60 Å². The van der Waals surface area contributed by atoms with Gasteiger partial charge in [0.2, 0.25) is 0 Å². The van der Waals surface area contributed by atoms with Gasteiger partial charge in [-0.2, -0.15) is 0 Å². The Morgan fingerprint density at radius 3 is 2.42 bits per heavy atom. The van der Waals surface area contributed by atoms with Crippen LogP contribution in [0.4, 0.5) is 4.79 Å². The molecule has 0 spiro atoms. The number of nitrogens with two attached hydrogens (primary N) is 1. The minimum Gasteiger partial charge on any atom is -0.444 e. The van der Waals surface area contributed by atoms with E-state index in [0.717, 1.165) is 32.5 Å². The van der Waals surface area contributed by atoms with Gasteiger partial charge >= 0.3 is 6.09 Å². The summed E-state index contributed by atoms with van der Waals surface area (Å²) in [5.41, 5.74) is -0.442. The Labute approximate surface area is 115 Å². The Hall–Kier alpha value is -0.850. The van der Waals surface area contributed by atoms with Crippen molar-refractivity contribution in [2.24, 2.45) is 5.90 Å². The third-order valence-corrected chi connectivity index (χ3v) is 3.18. The monoisotopic (exact) mass is 273 g/mol. The fourth-order valence-corrected chi connectivity index (χ4v) is 1.99. The van der Waals surface area contributed by atoms with Crippen LogP contribution in [0.25, 0.3) is 0 Å². The van der Waals surface area contributed by atoms with Crippen LogP contribution >= 0.6 is 0 Å². The fourth-order valence-electron chi connectivity index (χ4n) is 1.99. The molecule has 1 aliphatic rings. The maximum atomic E-state index is 11.8. The number of nitrogens with zero attached hydrogens (tertiary/aromatic N) is 2. The summed E-state index contributed by atoms with van der Waals surface area (Å²) >= 11 is 0. The number of likely N-dealkylation sites (tertiary alicyclic amines) is 1. The Bertz CT molecular complexity index is 283. The van der Waals surface area contributed by atoms with Gasteiger partial charge in [-0.05, 0) is 33.6 Å². The molecule has 1 fully saturated rings. The van der Waals surface area contributed by atoms with Crippen LogP contribution in [0.3, 0.4) is 0 Å². The molecule has 0 radical (unpaired) electrons. The molecule has 1 heterocycles. The van der Waals surface area contributed by atoms with Crippen LogP contribution in [0.2, 0.25) is 0 Å². The minimum atomic E-state index is -0.442. The molecule has 1 aliphatic heterocycles. The first kappa shape index (κ1) is 16.2. The van der Waals surface area contributed by atoms with Crippen molar-refractivity contribution in [3.8, 4) is 0 Å². The smallest absolute Gasteiger partial charge is 0.410 e. The van der Waals surface area contributed by atoms with Crippen LogP contribution in [0.15, 0.2) is 0 Å². The van der Waals surface area contributed by atoms with E-state index in [1.807, 2.05) is 20.8 Å². The lowest BCUT2D eigenvalue weighted by molar-refractivity contribution is 0.00281. The van der Waals surface area contributed by atoms with E-state index in [9.17, 15) is 4.79 Å². The lowest BCUT2D eigenvalue weighted by Gasteiger charge is -2.32. The second-order valence-corrected chi connectivity index (χ2v) is 6.08. The quantitative estimate of drug-likeness (QED) is 0.780. The molecule has 112 valence electrons. The standard InChI is InChI=1S/C13H27N3O3/c1-13(2,3)18-12(17)15(4)9-10-16-7-5-11(19-14)6-8-16/h11H,5-10,14H2,1-4H3. The first-order chi connectivity index (χ1) is 8.81. The third kappa shape index (κ3) is 6.22. The lowest BCUT2D eigenvalue weighted by atomic mass is 10.1. The van der Waals surface area contributed by atoms with Crippen LogP contribution in [0.5, 0.6) is 0 Å². The maximum absolute atomic E-state index is 11.8. The summed E-state index contributed by atoms with van der Waals surface area (Å²) in [5.74, 6) is 5.18. The molecule has 1 saturated heterocycles. The summed E-state index contributed by atoms with van der Waals surface area (Å²) < 4.78 is 5.31. The number of hydrogen-bond acceptors (Lipinski definition) is 5. The molecule has 1 rings (SSSR count). The number of rotatable bonds is 4. The lowest BCUT2D eigenvalue weighted by Crippen LogP contribution is -2.43. The second-order valence-electron chi connectivity index (χ2n) is 6.08. The van der Waals surface area contributed by atoms with E-state index in [4.69, 9.17) is 15.5 Å². The summed E-state index contributed by atoms with van der Waals surface area (Å²) in [6, 6.07) is 0. The van der Waals surface area contributed by atoms with E-state index >= 15 is 0 Å². The van der Waals surface area contributed by atoms with Crippen molar-refractivity contribution in [1.82, 2.24) is 9.80 Å². The molecule has 0 aromatic heterocycles. The minimum absolute atomic E-state index is 0.180. The van der Waals surface area contributed by atoms with E-state index in [1.165, 1.54) is 0 Å². The number of amides is 1. The Kier molecular flexibility index (Phi) is 6.03. The van der Waals surface area contributed by atoms with Crippen LogP contribution in [-0.2, 0) is 9.57 Å². The molecule has 1 amide bonds. The van der Waals surface area contributed by atoms with Gasteiger partial charge in [-0.1, -0.05) is 0 Å². The second kappa shape index (κ2) is 7.07. The molecular formula is C13H27N3O3. The highest BCUT2D eigenvalue weighted by atomic mass is 16.6. The first-order valence-corrected chi connectivity index (χ1v) is 6.84. The maximum Gasteiger partial charge on any atom is 0.410 e. The van der Waals surface area contributed by atoms with Gasteiger partial charge in [-0.15, -0.1) is 0 Å². The van der Waals surface area contributed by atoms with Crippen molar-refractivity contribution in [2.45, 2.75) is 45.3 Å². The molecule has 0 saturated carbocycles. The Balaban J connectivity index is 2.23. The number of carbonyl (C=O) groups is 1.